The van der Waals surface area contributed by atoms with Crippen LogP contribution in [0.25, 0.3) is 0 Å². The van der Waals surface area contributed by atoms with Crippen LogP contribution in [0.5, 0.6) is 11.5 Å². The summed E-state index contributed by atoms with van der Waals surface area (Å²) in [6.45, 7) is 1.12. The van der Waals surface area contributed by atoms with Gasteiger partial charge in [-0.3, -0.25) is 9.59 Å². The number of amides is 2. The number of fused-ring (bicyclic) bond motifs is 1. The molecule has 1 fully saturated rings. The van der Waals surface area contributed by atoms with Gasteiger partial charge >= 0.3 is 0 Å². The van der Waals surface area contributed by atoms with E-state index in [1.807, 2.05) is 0 Å². The maximum absolute atomic E-state index is 13.3. The van der Waals surface area contributed by atoms with Gasteiger partial charge in [0.15, 0.2) is 11.5 Å². The Balaban J connectivity index is 1.33. The Bertz CT molecular complexity index is 878. The number of nitrogens with zero attached hydrogens (tertiary/aromatic N) is 1. The van der Waals surface area contributed by atoms with Crippen molar-refractivity contribution in [2.75, 3.05) is 25.2 Å². The van der Waals surface area contributed by atoms with Crippen molar-refractivity contribution >= 4 is 17.5 Å². The zero-order chi connectivity index (χ0) is 18.8. The largest absolute Gasteiger partial charge is 0.454 e. The van der Waals surface area contributed by atoms with Crippen molar-refractivity contribution in [2.24, 2.45) is 5.92 Å². The van der Waals surface area contributed by atoms with Crippen LogP contribution in [-0.2, 0) is 4.79 Å². The number of hydrogen-bond acceptors (Lipinski definition) is 4. The first-order valence-electron chi connectivity index (χ1n) is 8.85. The van der Waals surface area contributed by atoms with E-state index in [1.165, 1.54) is 18.2 Å². The van der Waals surface area contributed by atoms with E-state index in [-0.39, 0.29) is 24.5 Å². The van der Waals surface area contributed by atoms with Gasteiger partial charge in [0.1, 0.15) is 5.82 Å². The highest BCUT2D eigenvalue weighted by Crippen LogP contribution is 2.34. The van der Waals surface area contributed by atoms with Crippen LogP contribution in [-0.4, -0.2) is 36.6 Å². The van der Waals surface area contributed by atoms with E-state index < -0.39 is 5.82 Å². The molecule has 0 atom stereocenters. The average Bonchev–Trinajstić information content (AvgIpc) is 3.15. The summed E-state index contributed by atoms with van der Waals surface area (Å²) in [7, 11) is 0. The van der Waals surface area contributed by atoms with Gasteiger partial charge in [0.05, 0.1) is 0 Å². The molecule has 2 amide bonds. The molecule has 27 heavy (non-hydrogen) atoms. The molecule has 2 aromatic rings. The van der Waals surface area contributed by atoms with Crippen LogP contribution in [0.4, 0.5) is 10.1 Å². The minimum absolute atomic E-state index is 0.0771. The lowest BCUT2D eigenvalue weighted by molar-refractivity contribution is -0.121. The lowest BCUT2D eigenvalue weighted by atomic mass is 9.95. The van der Waals surface area contributed by atoms with Gasteiger partial charge < -0.3 is 19.7 Å². The number of halogens is 1. The molecule has 1 N–H and O–H groups in total. The molecule has 0 unspecified atom stereocenters. The summed E-state index contributed by atoms with van der Waals surface area (Å²) in [4.78, 5) is 26.6. The summed E-state index contributed by atoms with van der Waals surface area (Å²) in [5, 5.41) is 2.90. The molecule has 0 bridgehead atoms. The van der Waals surface area contributed by atoms with Crippen LogP contribution in [0.2, 0.25) is 0 Å². The number of carbonyl (C=O) groups excluding carboxylic acids is 2. The van der Waals surface area contributed by atoms with Gasteiger partial charge in [0.25, 0.3) is 5.91 Å². The third-order valence-corrected chi connectivity index (χ3v) is 4.86. The summed E-state index contributed by atoms with van der Waals surface area (Å²) < 4.78 is 23.9. The third kappa shape index (κ3) is 3.72. The predicted octanol–water partition coefficient (Wildman–Crippen LogP) is 3.05. The minimum Gasteiger partial charge on any atom is -0.454 e. The Labute approximate surface area is 155 Å². The molecule has 7 heteroatoms. The molecular weight excluding hydrogens is 351 g/mol. The predicted molar refractivity (Wildman–Crippen MR) is 96.2 cm³/mol. The molecule has 1 saturated heterocycles. The zero-order valence-corrected chi connectivity index (χ0v) is 14.6. The average molecular weight is 370 g/mol. The SMILES string of the molecule is O=C(Nc1ccc2c(c1)OCO2)C1CCN(C(=O)c2cccc(F)c2)CC1. The molecule has 0 saturated carbocycles. The van der Waals surface area contributed by atoms with Crippen LogP contribution in [0.15, 0.2) is 42.5 Å². The Hall–Kier alpha value is -3.09. The Morgan fingerprint density at radius 1 is 1.04 bits per heavy atom. The fourth-order valence-electron chi connectivity index (χ4n) is 3.37. The van der Waals surface area contributed by atoms with Crippen molar-refractivity contribution in [2.45, 2.75) is 12.8 Å². The summed E-state index contributed by atoms with van der Waals surface area (Å²) in [5.41, 5.74) is 0.987. The first kappa shape index (κ1) is 17.3. The highest BCUT2D eigenvalue weighted by Gasteiger charge is 2.28. The van der Waals surface area contributed by atoms with Gasteiger partial charge in [0, 0.05) is 36.3 Å². The fourth-order valence-corrected chi connectivity index (χ4v) is 3.37. The number of anilines is 1. The second-order valence-electron chi connectivity index (χ2n) is 6.63. The van der Waals surface area contributed by atoms with E-state index in [4.69, 9.17) is 9.47 Å². The molecule has 0 radical (unpaired) electrons. The van der Waals surface area contributed by atoms with Crippen molar-refractivity contribution in [1.82, 2.24) is 4.90 Å². The highest BCUT2D eigenvalue weighted by molar-refractivity contribution is 5.95. The second-order valence-corrected chi connectivity index (χ2v) is 6.63. The summed E-state index contributed by atoms with van der Waals surface area (Å²) in [5.74, 6) is 0.391. The van der Waals surface area contributed by atoms with E-state index in [2.05, 4.69) is 5.32 Å². The van der Waals surface area contributed by atoms with Crippen LogP contribution >= 0.6 is 0 Å². The molecule has 0 spiro atoms. The number of rotatable bonds is 3. The smallest absolute Gasteiger partial charge is 0.253 e. The Morgan fingerprint density at radius 3 is 2.59 bits per heavy atom. The molecule has 4 rings (SSSR count). The van der Waals surface area contributed by atoms with E-state index in [9.17, 15) is 14.0 Å². The summed E-state index contributed by atoms with van der Waals surface area (Å²) in [6.07, 6.45) is 1.13. The van der Waals surface area contributed by atoms with Gasteiger partial charge in [0.2, 0.25) is 12.7 Å². The van der Waals surface area contributed by atoms with Crippen LogP contribution < -0.4 is 14.8 Å². The first-order chi connectivity index (χ1) is 13.1. The van der Waals surface area contributed by atoms with Crippen molar-refractivity contribution in [3.63, 3.8) is 0 Å². The topological polar surface area (TPSA) is 67.9 Å². The quantitative estimate of drug-likeness (QED) is 0.902. The number of carbonyl (C=O) groups is 2. The highest BCUT2D eigenvalue weighted by atomic mass is 19.1. The molecule has 2 heterocycles. The van der Waals surface area contributed by atoms with Gasteiger partial charge in [-0.15, -0.1) is 0 Å². The molecule has 0 aliphatic carbocycles. The third-order valence-electron chi connectivity index (χ3n) is 4.86. The van der Waals surface area contributed by atoms with Gasteiger partial charge in [-0.25, -0.2) is 4.39 Å². The summed E-state index contributed by atoms with van der Waals surface area (Å²) in [6, 6.07) is 10.9. The number of benzene rings is 2. The standard InChI is InChI=1S/C20H19FN2O4/c21-15-3-1-2-14(10-15)20(25)23-8-6-13(7-9-23)19(24)22-16-4-5-17-18(11-16)27-12-26-17/h1-5,10-11,13H,6-9,12H2,(H,22,24). The number of likely N-dealkylation sites (tertiary alicyclic amines) is 1. The summed E-state index contributed by atoms with van der Waals surface area (Å²) >= 11 is 0. The maximum atomic E-state index is 13.3. The Morgan fingerprint density at radius 2 is 1.81 bits per heavy atom. The molecule has 2 aromatic carbocycles. The van der Waals surface area contributed by atoms with E-state index in [0.29, 0.717) is 48.7 Å². The maximum Gasteiger partial charge on any atom is 0.253 e. The Kier molecular flexibility index (Phi) is 4.66. The lowest BCUT2D eigenvalue weighted by Crippen LogP contribution is -2.41. The van der Waals surface area contributed by atoms with Crippen LogP contribution in [0.1, 0.15) is 23.2 Å². The molecule has 0 aromatic heterocycles. The fraction of sp³-hybridized carbons (Fsp3) is 0.300. The van der Waals surface area contributed by atoms with E-state index in [0.717, 1.165) is 0 Å². The molecule has 140 valence electrons. The van der Waals surface area contributed by atoms with Crippen molar-refractivity contribution in [1.29, 1.82) is 0 Å². The zero-order valence-electron chi connectivity index (χ0n) is 14.6. The monoisotopic (exact) mass is 370 g/mol. The molecule has 6 nitrogen and oxygen atoms in total. The van der Waals surface area contributed by atoms with Crippen molar-refractivity contribution in [3.8, 4) is 11.5 Å². The second kappa shape index (κ2) is 7.26. The van der Waals surface area contributed by atoms with Crippen LogP contribution in [0, 0.1) is 11.7 Å². The van der Waals surface area contributed by atoms with Gasteiger partial charge in [-0.1, -0.05) is 6.07 Å². The van der Waals surface area contributed by atoms with Gasteiger partial charge in [-0.2, -0.15) is 0 Å². The van der Waals surface area contributed by atoms with Crippen LogP contribution in [0.3, 0.4) is 0 Å². The molecule has 2 aliphatic rings. The number of piperidine rings is 1. The molecule has 2 aliphatic heterocycles. The number of hydrogen-bond donors (Lipinski definition) is 1. The minimum atomic E-state index is -0.432. The van der Waals surface area contributed by atoms with Crippen molar-refractivity contribution in [3.05, 3.63) is 53.8 Å². The number of nitrogens with one attached hydrogen (secondary N) is 1. The normalized spacial score (nSPS) is 16.3. The number of ether oxygens (including phenoxy) is 2. The van der Waals surface area contributed by atoms with E-state index >= 15 is 0 Å². The lowest BCUT2D eigenvalue weighted by Gasteiger charge is -2.31. The first-order valence-corrected chi connectivity index (χ1v) is 8.85. The molecular formula is C20H19FN2O4. The van der Waals surface area contributed by atoms with E-state index in [1.54, 1.807) is 29.2 Å². The van der Waals surface area contributed by atoms with Gasteiger partial charge in [-0.05, 0) is 43.2 Å². The van der Waals surface area contributed by atoms with Crippen molar-refractivity contribution < 1.29 is 23.5 Å².